The van der Waals surface area contributed by atoms with Crippen molar-refractivity contribution in [3.63, 3.8) is 0 Å². The van der Waals surface area contributed by atoms with Crippen LogP contribution in [0.1, 0.15) is 45.7 Å². The number of thiophene rings is 9. The number of nitrogens with one attached hydrogen (secondary N) is 3. The molecule has 14 nitrogen and oxygen atoms in total. The minimum atomic E-state index is -4.50. The molecule has 0 aliphatic heterocycles. The second-order valence-corrected chi connectivity index (χ2v) is 31.0. The standard InChI is InChI=1S/3C23H14F3N3OS3.C3H7NO/c3*24-23(25,26)12-4-1-5-13(10-12)28-21(30)20-19(27)18-14(16-6-2-8-31-16)11-15(29-22(18)33-20)17-7-3-9-32-17;1-4(2)3-5/h3*1-11H,27H2,(H,28,30);3H,1-2H3. The van der Waals surface area contributed by atoms with E-state index in [9.17, 15) is 58.7 Å². The minimum absolute atomic E-state index is 0.0393. The van der Waals surface area contributed by atoms with E-state index in [2.05, 4.69) is 16.0 Å². The molecule has 0 fully saturated rings. The number of nitrogens with two attached hydrogens (primary N) is 3. The second kappa shape index (κ2) is 31.0. The first-order chi connectivity index (χ1) is 49.7. The Labute approximate surface area is 620 Å². The Morgan fingerprint density at radius 3 is 0.827 bits per heavy atom. The molecule has 12 aromatic heterocycles. The summed E-state index contributed by atoms with van der Waals surface area (Å²) in [7, 11) is 3.38. The van der Waals surface area contributed by atoms with Crippen molar-refractivity contribution in [1.82, 2.24) is 19.9 Å². The third-order valence-corrected chi connectivity index (χ3v) is 23.6. The van der Waals surface area contributed by atoms with E-state index < -0.39 is 52.9 Å². The summed E-state index contributed by atoms with van der Waals surface area (Å²) in [6, 6.07) is 42.8. The molecule has 0 saturated carbocycles. The number of aromatic nitrogens is 3. The highest BCUT2D eigenvalue weighted by molar-refractivity contribution is 7.23. The summed E-state index contributed by atoms with van der Waals surface area (Å²) in [5, 5.41) is 21.4. The highest BCUT2D eigenvalue weighted by atomic mass is 32.1. The molecule has 0 bridgehead atoms. The molecule has 3 aromatic carbocycles. The Kier molecular flexibility index (Phi) is 22.0. The minimum Gasteiger partial charge on any atom is -0.397 e. The molecular weight excluding hydrogens is 1530 g/mol. The monoisotopic (exact) mass is 1580 g/mol. The van der Waals surface area contributed by atoms with Gasteiger partial charge in [-0.1, -0.05) is 54.6 Å². The normalized spacial score (nSPS) is 11.5. The molecule has 0 aliphatic carbocycles. The molecule has 0 saturated heterocycles. The van der Waals surface area contributed by atoms with Gasteiger partial charge in [0.05, 0.1) is 65.5 Å². The smallest absolute Gasteiger partial charge is 0.397 e. The van der Waals surface area contributed by atoms with Crippen molar-refractivity contribution in [1.29, 1.82) is 0 Å². The lowest BCUT2D eigenvalue weighted by Crippen LogP contribution is -2.13. The maximum absolute atomic E-state index is 13.0. The van der Waals surface area contributed by atoms with Gasteiger partial charge in [-0.25, -0.2) is 15.0 Å². The lowest BCUT2D eigenvalue weighted by molar-refractivity contribution is -0.138. The van der Waals surface area contributed by atoms with E-state index >= 15 is 0 Å². The van der Waals surface area contributed by atoms with E-state index in [1.807, 2.05) is 123 Å². The number of hydrogen-bond donors (Lipinski definition) is 6. The molecule has 0 radical (unpaired) electrons. The molecule has 4 amide bonds. The van der Waals surface area contributed by atoms with Crippen LogP contribution in [0.3, 0.4) is 0 Å². The van der Waals surface area contributed by atoms with Gasteiger partial charge >= 0.3 is 18.5 Å². The molecule has 104 heavy (non-hydrogen) atoms. The Bertz CT molecular complexity index is 5020. The van der Waals surface area contributed by atoms with Crippen molar-refractivity contribution in [3.8, 4) is 63.0 Å². The van der Waals surface area contributed by atoms with Gasteiger partial charge in [-0.3, -0.25) is 19.2 Å². The van der Waals surface area contributed by atoms with Crippen LogP contribution >= 0.6 is 102 Å². The molecule has 9 N–H and O–H groups in total. The number of nitrogens with zero attached hydrogens (tertiary/aromatic N) is 4. The maximum atomic E-state index is 13.0. The van der Waals surface area contributed by atoms with Gasteiger partial charge in [0, 0.05) is 78.6 Å². The van der Waals surface area contributed by atoms with Crippen LogP contribution in [0.4, 0.5) is 73.6 Å². The van der Waals surface area contributed by atoms with Crippen LogP contribution in [0.15, 0.2) is 196 Å². The SMILES string of the molecule is CN(C)C=O.Nc1c(C(=O)Nc2cccc(C(F)(F)F)c2)sc2nc(-c3cccs3)cc(-c3cccs3)c12.Nc1c(C(=O)Nc2cccc(C(F)(F)F)c2)sc2nc(-c3cccs3)cc(-c3cccs3)c12.Nc1c(C(=O)Nc2cccc(C(F)(F)F)c2)sc2nc(-c3cccs3)cc(-c3cccs3)c12. The van der Waals surface area contributed by atoms with Crippen LogP contribution in [-0.2, 0) is 23.3 Å². The molecule has 0 atom stereocenters. The van der Waals surface area contributed by atoms with Gasteiger partial charge in [0.2, 0.25) is 6.41 Å². The number of rotatable bonds is 13. The predicted molar refractivity (Wildman–Crippen MR) is 410 cm³/mol. The van der Waals surface area contributed by atoms with E-state index in [1.165, 1.54) is 41.3 Å². The Morgan fingerprint density at radius 2 is 0.615 bits per heavy atom. The van der Waals surface area contributed by atoms with Gasteiger partial charge < -0.3 is 38.1 Å². The second-order valence-electron chi connectivity index (χ2n) is 22.3. The lowest BCUT2D eigenvalue weighted by atomic mass is 10.1. The number of carbonyl (C=O) groups is 4. The molecule has 528 valence electrons. The quantitative estimate of drug-likeness (QED) is 0.0473. The number of fused-ring (bicyclic) bond motifs is 3. The van der Waals surface area contributed by atoms with Crippen molar-refractivity contribution in [2.24, 2.45) is 0 Å². The predicted octanol–water partition coefficient (Wildman–Crippen LogP) is 22.5. The number of alkyl halides is 9. The van der Waals surface area contributed by atoms with Crippen molar-refractivity contribution < 1.29 is 58.7 Å². The zero-order chi connectivity index (χ0) is 73.8. The number of benzene rings is 3. The van der Waals surface area contributed by atoms with Crippen molar-refractivity contribution >= 4 is 191 Å². The van der Waals surface area contributed by atoms with Crippen LogP contribution in [0, 0.1) is 0 Å². The maximum Gasteiger partial charge on any atom is 0.416 e. The molecule has 32 heteroatoms. The number of pyridine rings is 3. The summed E-state index contributed by atoms with van der Waals surface area (Å²) in [5.41, 5.74) is 22.5. The number of amides is 4. The first-order valence-electron chi connectivity index (χ1n) is 30.2. The molecule has 0 aliphatic rings. The molecule has 15 rings (SSSR count). The van der Waals surface area contributed by atoms with Crippen LogP contribution in [0.2, 0.25) is 0 Å². The number of carbonyl (C=O) groups excluding carboxylic acids is 4. The first kappa shape index (κ1) is 73.6. The van der Waals surface area contributed by atoms with Crippen molar-refractivity contribution in [2.75, 3.05) is 47.2 Å². The van der Waals surface area contributed by atoms with Gasteiger partial charge in [-0.15, -0.1) is 102 Å². The molecule has 0 unspecified atom stereocenters. The van der Waals surface area contributed by atoms with Gasteiger partial charge in [0.15, 0.2) is 0 Å². The number of hydrogen-bond acceptors (Lipinski definition) is 19. The molecular formula is C72H49F9N10O4S9. The topological polar surface area (TPSA) is 224 Å². The number of nitrogen functional groups attached to an aromatic ring is 3. The third-order valence-electron chi connectivity index (χ3n) is 15.0. The van der Waals surface area contributed by atoms with Crippen molar-refractivity contribution in [3.05, 3.63) is 227 Å². The number of halogens is 9. The Hall–Kier alpha value is -10.2. The fourth-order valence-corrected chi connectivity index (χ4v) is 17.6. The fourth-order valence-electron chi connectivity index (χ4n) is 10.3. The summed E-state index contributed by atoms with van der Waals surface area (Å²) in [4.78, 5) is 72.3. The van der Waals surface area contributed by atoms with Crippen LogP contribution in [-0.4, -0.2) is 58.1 Å². The summed E-state index contributed by atoms with van der Waals surface area (Å²) in [6.45, 7) is 0. The average molecular weight is 1580 g/mol. The van der Waals surface area contributed by atoms with Crippen molar-refractivity contribution in [2.45, 2.75) is 18.5 Å². The van der Waals surface area contributed by atoms with E-state index in [0.717, 1.165) is 140 Å². The van der Waals surface area contributed by atoms with Gasteiger partial charge in [0.1, 0.15) is 29.1 Å². The Balaban J connectivity index is 0.000000142. The third kappa shape index (κ3) is 16.6. The van der Waals surface area contributed by atoms with E-state index in [1.54, 1.807) is 82.1 Å². The van der Waals surface area contributed by atoms with Crippen LogP contribution in [0.5, 0.6) is 0 Å². The van der Waals surface area contributed by atoms with Crippen LogP contribution in [0.25, 0.3) is 93.7 Å². The summed E-state index contributed by atoms with van der Waals surface area (Å²) in [6.07, 6.45) is -12.8. The van der Waals surface area contributed by atoms with Gasteiger partial charge in [-0.2, -0.15) is 39.5 Å². The van der Waals surface area contributed by atoms with E-state index in [4.69, 9.17) is 32.2 Å². The highest BCUT2D eigenvalue weighted by Gasteiger charge is 2.34. The van der Waals surface area contributed by atoms with E-state index in [0.29, 0.717) is 30.6 Å². The molecule has 15 aromatic rings. The summed E-state index contributed by atoms with van der Waals surface area (Å²) < 4.78 is 117. The van der Waals surface area contributed by atoms with E-state index in [-0.39, 0.29) is 48.8 Å². The lowest BCUT2D eigenvalue weighted by Gasteiger charge is -2.09. The van der Waals surface area contributed by atoms with Crippen LogP contribution < -0.4 is 33.2 Å². The average Bonchev–Trinajstić information content (AvgIpc) is 1.62. The zero-order valence-corrected chi connectivity index (χ0v) is 60.7. The first-order valence-corrected chi connectivity index (χ1v) is 37.9. The van der Waals surface area contributed by atoms with Gasteiger partial charge in [0.25, 0.3) is 17.7 Å². The summed E-state index contributed by atoms with van der Waals surface area (Å²) in [5.74, 6) is -1.74. The zero-order valence-electron chi connectivity index (χ0n) is 53.4. The molecule has 12 heterocycles. The highest BCUT2D eigenvalue weighted by Crippen LogP contribution is 2.48. The van der Waals surface area contributed by atoms with Gasteiger partial charge in [-0.05, 0) is 141 Å². The largest absolute Gasteiger partial charge is 0.416 e. The fraction of sp³-hybridized carbons (Fsp3) is 0.0694. The summed E-state index contributed by atoms with van der Waals surface area (Å²) >= 11 is 12.7. The molecule has 0 spiro atoms. The number of anilines is 6. The Morgan fingerprint density at radius 1 is 0.375 bits per heavy atom.